The summed E-state index contributed by atoms with van der Waals surface area (Å²) in [5.74, 6) is 0.420. The lowest BCUT2D eigenvalue weighted by Crippen LogP contribution is -2.31. The molecule has 1 N–H and O–H groups in total. The molecule has 1 aliphatic carbocycles. The van der Waals surface area contributed by atoms with Gasteiger partial charge in [0.1, 0.15) is 5.82 Å². The summed E-state index contributed by atoms with van der Waals surface area (Å²) < 4.78 is 13.9. The number of hydrogen-bond donors (Lipinski definition) is 1. The Morgan fingerprint density at radius 3 is 2.94 bits per heavy atom. The van der Waals surface area contributed by atoms with Crippen LogP contribution in [-0.4, -0.2) is 12.6 Å². The first-order valence-electron chi connectivity index (χ1n) is 6.37. The zero-order valence-corrected chi connectivity index (χ0v) is 9.51. The van der Waals surface area contributed by atoms with E-state index in [0.29, 0.717) is 12.0 Å². The molecule has 0 saturated carbocycles. The van der Waals surface area contributed by atoms with Crippen LogP contribution in [0.1, 0.15) is 42.7 Å². The Morgan fingerprint density at radius 1 is 1.19 bits per heavy atom. The highest BCUT2D eigenvalue weighted by atomic mass is 19.1. The van der Waals surface area contributed by atoms with Crippen molar-refractivity contribution in [3.63, 3.8) is 0 Å². The maximum Gasteiger partial charge on any atom is 0.127 e. The molecule has 2 aliphatic rings. The SMILES string of the molecule is Fc1cccc2c1C(C1CCCN1)CCC2. The van der Waals surface area contributed by atoms with E-state index < -0.39 is 0 Å². The molecule has 3 rings (SSSR count). The van der Waals surface area contributed by atoms with Crippen LogP contribution >= 0.6 is 0 Å². The molecule has 2 atom stereocenters. The van der Waals surface area contributed by atoms with E-state index in [-0.39, 0.29) is 5.82 Å². The maximum atomic E-state index is 13.9. The summed E-state index contributed by atoms with van der Waals surface area (Å²) in [7, 11) is 0. The van der Waals surface area contributed by atoms with E-state index in [1.807, 2.05) is 6.07 Å². The molecular formula is C14H18FN. The van der Waals surface area contributed by atoms with Crippen molar-refractivity contribution in [1.82, 2.24) is 5.32 Å². The second-order valence-corrected chi connectivity index (χ2v) is 5.01. The van der Waals surface area contributed by atoms with Crippen molar-refractivity contribution in [2.75, 3.05) is 6.54 Å². The van der Waals surface area contributed by atoms with Crippen LogP contribution in [0.3, 0.4) is 0 Å². The van der Waals surface area contributed by atoms with Gasteiger partial charge in [-0.2, -0.15) is 0 Å². The van der Waals surface area contributed by atoms with E-state index >= 15 is 0 Å². The highest BCUT2D eigenvalue weighted by Crippen LogP contribution is 2.37. The van der Waals surface area contributed by atoms with Gasteiger partial charge in [0.25, 0.3) is 0 Å². The van der Waals surface area contributed by atoms with Crippen LogP contribution in [0, 0.1) is 5.82 Å². The quantitative estimate of drug-likeness (QED) is 0.765. The minimum absolute atomic E-state index is 0.0101. The zero-order chi connectivity index (χ0) is 11.0. The first kappa shape index (κ1) is 10.3. The normalized spacial score (nSPS) is 29.1. The first-order valence-corrected chi connectivity index (χ1v) is 6.37. The van der Waals surface area contributed by atoms with Crippen LogP contribution in [0.15, 0.2) is 18.2 Å². The molecule has 1 aromatic rings. The standard InChI is InChI=1S/C14H18FN/c15-12-7-2-5-10-4-1-6-11(14(10)12)13-8-3-9-16-13/h2,5,7,11,13,16H,1,3-4,6,8-9H2. The Bertz CT molecular complexity index is 382. The number of fused-ring (bicyclic) bond motifs is 1. The average Bonchev–Trinajstić information content (AvgIpc) is 2.82. The summed E-state index contributed by atoms with van der Waals surface area (Å²) in [6, 6.07) is 6.07. The van der Waals surface area contributed by atoms with Crippen molar-refractivity contribution in [2.24, 2.45) is 0 Å². The van der Waals surface area contributed by atoms with Crippen molar-refractivity contribution in [3.8, 4) is 0 Å². The van der Waals surface area contributed by atoms with Gasteiger partial charge < -0.3 is 5.32 Å². The number of benzene rings is 1. The molecule has 2 unspecified atom stereocenters. The molecule has 86 valence electrons. The highest BCUT2D eigenvalue weighted by molar-refractivity contribution is 5.35. The molecular weight excluding hydrogens is 201 g/mol. The Hall–Kier alpha value is -0.890. The van der Waals surface area contributed by atoms with Gasteiger partial charge in [0.2, 0.25) is 0 Å². The maximum absolute atomic E-state index is 13.9. The fourth-order valence-corrected chi connectivity index (χ4v) is 3.33. The predicted molar refractivity (Wildman–Crippen MR) is 63.1 cm³/mol. The molecule has 16 heavy (non-hydrogen) atoms. The third kappa shape index (κ3) is 1.65. The fraction of sp³-hybridized carbons (Fsp3) is 0.571. The van der Waals surface area contributed by atoms with E-state index in [0.717, 1.165) is 24.9 Å². The van der Waals surface area contributed by atoms with Crippen molar-refractivity contribution in [1.29, 1.82) is 0 Å². The number of nitrogens with one attached hydrogen (secondary N) is 1. The summed E-state index contributed by atoms with van der Waals surface area (Å²) in [4.78, 5) is 0. The van der Waals surface area contributed by atoms with E-state index in [4.69, 9.17) is 0 Å². The second-order valence-electron chi connectivity index (χ2n) is 5.01. The molecule has 0 bridgehead atoms. The molecule has 2 heteroatoms. The molecule has 0 spiro atoms. The third-order valence-corrected chi connectivity index (χ3v) is 4.06. The molecule has 1 saturated heterocycles. The van der Waals surface area contributed by atoms with E-state index in [1.54, 1.807) is 6.07 Å². The molecule has 0 amide bonds. The van der Waals surface area contributed by atoms with Crippen molar-refractivity contribution in [3.05, 3.63) is 35.1 Å². The highest BCUT2D eigenvalue weighted by Gasteiger charge is 2.31. The topological polar surface area (TPSA) is 12.0 Å². The van der Waals surface area contributed by atoms with Crippen molar-refractivity contribution < 1.29 is 4.39 Å². The van der Waals surface area contributed by atoms with Gasteiger partial charge in [-0.25, -0.2) is 4.39 Å². The molecule has 1 nitrogen and oxygen atoms in total. The van der Waals surface area contributed by atoms with Gasteiger partial charge in [0, 0.05) is 12.0 Å². The minimum atomic E-state index is 0.0101. The fourth-order valence-electron chi connectivity index (χ4n) is 3.33. The molecule has 1 fully saturated rings. The minimum Gasteiger partial charge on any atom is -0.313 e. The molecule has 0 aromatic heterocycles. The van der Waals surface area contributed by atoms with Crippen LogP contribution in [0.4, 0.5) is 4.39 Å². The van der Waals surface area contributed by atoms with Gasteiger partial charge in [0.15, 0.2) is 0 Å². The smallest absolute Gasteiger partial charge is 0.127 e. The lowest BCUT2D eigenvalue weighted by Gasteiger charge is -2.30. The molecule has 1 heterocycles. The Balaban J connectivity index is 1.98. The molecule has 1 aliphatic heterocycles. The van der Waals surface area contributed by atoms with Crippen LogP contribution < -0.4 is 5.32 Å². The zero-order valence-electron chi connectivity index (χ0n) is 9.51. The van der Waals surface area contributed by atoms with Crippen molar-refractivity contribution >= 4 is 0 Å². The summed E-state index contributed by atoms with van der Waals surface area (Å²) in [6.45, 7) is 1.10. The summed E-state index contributed by atoms with van der Waals surface area (Å²) in [5, 5.41) is 3.53. The van der Waals surface area contributed by atoms with E-state index in [1.165, 1.54) is 24.8 Å². The van der Waals surface area contributed by atoms with E-state index in [9.17, 15) is 4.39 Å². The molecule has 1 aromatic carbocycles. The molecule has 0 radical (unpaired) electrons. The summed E-state index contributed by atoms with van der Waals surface area (Å²) in [5.41, 5.74) is 2.25. The van der Waals surface area contributed by atoms with Gasteiger partial charge in [-0.1, -0.05) is 12.1 Å². The van der Waals surface area contributed by atoms with Gasteiger partial charge in [-0.3, -0.25) is 0 Å². The Kier molecular flexibility index (Phi) is 2.68. The third-order valence-electron chi connectivity index (χ3n) is 4.06. The lowest BCUT2D eigenvalue weighted by atomic mass is 9.78. The van der Waals surface area contributed by atoms with Gasteiger partial charge in [-0.15, -0.1) is 0 Å². The number of hydrogen-bond acceptors (Lipinski definition) is 1. The summed E-state index contributed by atoms with van der Waals surface area (Å²) in [6.07, 6.45) is 5.85. The number of rotatable bonds is 1. The largest absolute Gasteiger partial charge is 0.313 e. The number of aryl methyl sites for hydroxylation is 1. The van der Waals surface area contributed by atoms with Gasteiger partial charge in [-0.05, 0) is 55.8 Å². The van der Waals surface area contributed by atoms with Crippen LogP contribution in [-0.2, 0) is 6.42 Å². The Morgan fingerprint density at radius 2 is 2.12 bits per heavy atom. The Labute approximate surface area is 96.1 Å². The van der Waals surface area contributed by atoms with Gasteiger partial charge >= 0.3 is 0 Å². The van der Waals surface area contributed by atoms with Crippen LogP contribution in [0.5, 0.6) is 0 Å². The average molecular weight is 219 g/mol. The van der Waals surface area contributed by atoms with Crippen LogP contribution in [0.25, 0.3) is 0 Å². The first-order chi connectivity index (χ1) is 7.86. The number of halogens is 1. The lowest BCUT2D eigenvalue weighted by molar-refractivity contribution is 0.414. The predicted octanol–water partition coefficient (Wildman–Crippen LogP) is 3.00. The summed E-state index contributed by atoms with van der Waals surface area (Å²) >= 11 is 0. The monoisotopic (exact) mass is 219 g/mol. The van der Waals surface area contributed by atoms with E-state index in [2.05, 4.69) is 11.4 Å². The second kappa shape index (κ2) is 4.17. The van der Waals surface area contributed by atoms with Gasteiger partial charge in [0.05, 0.1) is 0 Å². The van der Waals surface area contributed by atoms with Crippen LogP contribution in [0.2, 0.25) is 0 Å². The van der Waals surface area contributed by atoms with Crippen molar-refractivity contribution in [2.45, 2.75) is 44.1 Å².